The van der Waals surface area contributed by atoms with Crippen LogP contribution in [-0.4, -0.2) is 19.3 Å². The van der Waals surface area contributed by atoms with E-state index in [0.717, 1.165) is 70.1 Å². The Labute approximate surface area is 304 Å². The van der Waals surface area contributed by atoms with Gasteiger partial charge in [-0.25, -0.2) is 4.98 Å². The molecule has 0 radical (unpaired) electrons. The number of rotatable bonds is 11. The van der Waals surface area contributed by atoms with E-state index in [1.54, 1.807) is 0 Å². The van der Waals surface area contributed by atoms with Gasteiger partial charge < -0.3 is 9.30 Å². The molecule has 7 rings (SSSR count). The maximum atomic E-state index is 6.42. The van der Waals surface area contributed by atoms with Crippen molar-refractivity contribution in [2.24, 2.45) is 0 Å². The van der Waals surface area contributed by atoms with Gasteiger partial charge in [0, 0.05) is 35.0 Å². The van der Waals surface area contributed by atoms with Crippen LogP contribution in [0.2, 0.25) is 0 Å². The van der Waals surface area contributed by atoms with Crippen molar-refractivity contribution in [1.82, 2.24) is 19.3 Å². The Hall–Kier alpha value is -4.47. The molecule has 2 unspecified atom stereocenters. The molecule has 0 N–H and O–H groups in total. The van der Waals surface area contributed by atoms with E-state index in [1.807, 2.05) is 47.4 Å². The molecule has 0 amide bonds. The fraction of sp³-hybridized carbons (Fsp3) is 0.256. The van der Waals surface area contributed by atoms with Crippen LogP contribution in [0.25, 0.3) is 44.4 Å². The van der Waals surface area contributed by atoms with Gasteiger partial charge in [-0.3, -0.25) is 4.68 Å². The molecule has 250 valence electrons. The van der Waals surface area contributed by atoms with Crippen molar-refractivity contribution in [3.8, 4) is 34.1 Å². The third-order valence-corrected chi connectivity index (χ3v) is 9.41. The van der Waals surface area contributed by atoms with E-state index < -0.39 is 0 Å². The molecule has 0 saturated carbocycles. The zero-order valence-corrected chi connectivity index (χ0v) is 31.1. The first kappa shape index (κ1) is 34.4. The second-order valence-electron chi connectivity index (χ2n) is 13.0. The van der Waals surface area contributed by atoms with Crippen LogP contribution in [0.3, 0.4) is 0 Å². The van der Waals surface area contributed by atoms with Crippen LogP contribution in [0.1, 0.15) is 81.9 Å². The number of aromatic nitrogens is 4. The Morgan fingerprint density at radius 3 is 2.22 bits per heavy atom. The molecule has 0 saturated heterocycles. The fourth-order valence-electron chi connectivity index (χ4n) is 7.07. The van der Waals surface area contributed by atoms with Crippen molar-refractivity contribution in [3.05, 3.63) is 132 Å². The number of benzene rings is 4. The normalized spacial score (nSPS) is 12.6. The number of fused-ring (bicyclic) bond motifs is 3. The monoisotopic (exact) mass is 825 g/mol. The SMILES string of the molecule is CCCC(C)c1cccc(C(C)CCC)c1-c1cnn(-c2[c-]c(Oc3[c-]c4c(cc3)c3ccccc3n4-c3cc(C)ccn3)ccc2)c1.[Pt+2]. The molecule has 2 atom stereocenters. The summed E-state index contributed by atoms with van der Waals surface area (Å²) in [4.78, 5) is 4.70. The minimum atomic E-state index is 0. The first-order valence-electron chi connectivity index (χ1n) is 17.2. The van der Waals surface area contributed by atoms with Crippen molar-refractivity contribution >= 4 is 21.8 Å². The van der Waals surface area contributed by atoms with Gasteiger partial charge in [-0.1, -0.05) is 82.5 Å². The molecule has 7 aromatic rings. The molecule has 4 aromatic carbocycles. The fourth-order valence-corrected chi connectivity index (χ4v) is 7.07. The van der Waals surface area contributed by atoms with Crippen molar-refractivity contribution in [3.63, 3.8) is 0 Å². The van der Waals surface area contributed by atoms with E-state index in [-0.39, 0.29) is 21.1 Å². The largest absolute Gasteiger partial charge is 2.00 e. The molecule has 6 heteroatoms. The summed E-state index contributed by atoms with van der Waals surface area (Å²) in [6, 6.07) is 36.4. The minimum Gasteiger partial charge on any atom is -0.509 e. The average Bonchev–Trinajstić information content (AvgIpc) is 3.71. The van der Waals surface area contributed by atoms with Gasteiger partial charge in [-0.2, -0.15) is 17.2 Å². The van der Waals surface area contributed by atoms with Crippen molar-refractivity contribution in [1.29, 1.82) is 0 Å². The van der Waals surface area contributed by atoms with Crippen LogP contribution in [0.15, 0.2) is 104 Å². The van der Waals surface area contributed by atoms with Crippen molar-refractivity contribution < 1.29 is 25.8 Å². The van der Waals surface area contributed by atoms with Gasteiger partial charge in [0.1, 0.15) is 5.82 Å². The van der Waals surface area contributed by atoms with Gasteiger partial charge in [0.05, 0.1) is 6.20 Å². The molecule has 0 aliphatic rings. The Bertz CT molecular complexity index is 2180. The number of hydrogen-bond donors (Lipinski definition) is 0. The quantitative estimate of drug-likeness (QED) is 0.122. The summed E-state index contributed by atoms with van der Waals surface area (Å²) in [6.07, 6.45) is 10.6. The predicted octanol–water partition coefficient (Wildman–Crippen LogP) is 11.5. The standard InChI is InChI=1S/C43H42N4O.Pt/c1-6-12-30(4)36-17-11-18-37(31(5)13-7-2)43(36)32-27-45-46(28-32)33-14-10-15-34(25-33)48-35-20-21-39-38-16-8-9-19-40(38)47(41(39)26-35)42-24-29(3)22-23-44-42;/h8-11,14-24,27-28,30-31H,6-7,12-13H2,1-5H3;/q-2;+2. The molecule has 0 aliphatic carbocycles. The van der Waals surface area contributed by atoms with Gasteiger partial charge in [-0.15, -0.1) is 35.7 Å². The number of hydrogen-bond acceptors (Lipinski definition) is 3. The van der Waals surface area contributed by atoms with Gasteiger partial charge in [-0.05, 0) is 83.1 Å². The number of pyridine rings is 1. The first-order valence-corrected chi connectivity index (χ1v) is 17.2. The van der Waals surface area contributed by atoms with Crippen LogP contribution < -0.4 is 4.74 Å². The van der Waals surface area contributed by atoms with Crippen molar-refractivity contribution in [2.75, 3.05) is 0 Å². The number of ether oxygens (including phenoxy) is 1. The maximum absolute atomic E-state index is 6.42. The maximum Gasteiger partial charge on any atom is 2.00 e. The van der Waals surface area contributed by atoms with Gasteiger partial charge >= 0.3 is 21.1 Å². The van der Waals surface area contributed by atoms with Crippen LogP contribution in [-0.2, 0) is 21.1 Å². The van der Waals surface area contributed by atoms with Crippen LogP contribution in [0.5, 0.6) is 11.5 Å². The van der Waals surface area contributed by atoms with Gasteiger partial charge in [0.15, 0.2) is 0 Å². The Morgan fingerprint density at radius 2 is 1.49 bits per heavy atom. The van der Waals surface area contributed by atoms with Crippen LogP contribution in [0, 0.1) is 19.1 Å². The molecular formula is C43H42N4OPt. The van der Waals surface area contributed by atoms with Crippen LogP contribution in [0.4, 0.5) is 0 Å². The average molecular weight is 826 g/mol. The second kappa shape index (κ2) is 15.0. The second-order valence-corrected chi connectivity index (χ2v) is 13.0. The van der Waals surface area contributed by atoms with E-state index in [4.69, 9.17) is 14.8 Å². The van der Waals surface area contributed by atoms with Gasteiger partial charge in [0.2, 0.25) is 0 Å². The molecule has 3 heterocycles. The first-order chi connectivity index (χ1) is 23.4. The molecule has 0 bridgehead atoms. The zero-order chi connectivity index (χ0) is 33.2. The summed E-state index contributed by atoms with van der Waals surface area (Å²) in [5.41, 5.74) is 9.26. The van der Waals surface area contributed by atoms with E-state index in [9.17, 15) is 0 Å². The molecule has 0 fully saturated rings. The molecule has 3 aromatic heterocycles. The number of aryl methyl sites for hydroxylation is 1. The smallest absolute Gasteiger partial charge is 0.509 e. The third kappa shape index (κ3) is 6.87. The molecule has 0 aliphatic heterocycles. The number of para-hydroxylation sites is 1. The Balaban J connectivity index is 0.00000417. The molecule has 5 nitrogen and oxygen atoms in total. The summed E-state index contributed by atoms with van der Waals surface area (Å²) in [7, 11) is 0. The van der Waals surface area contributed by atoms with Crippen LogP contribution >= 0.6 is 0 Å². The van der Waals surface area contributed by atoms with E-state index in [1.165, 1.54) is 16.7 Å². The van der Waals surface area contributed by atoms with E-state index >= 15 is 0 Å². The molecule has 0 spiro atoms. The summed E-state index contributed by atoms with van der Waals surface area (Å²) < 4.78 is 10.5. The summed E-state index contributed by atoms with van der Waals surface area (Å²) in [6.45, 7) is 11.3. The van der Waals surface area contributed by atoms with E-state index in [2.05, 4.69) is 112 Å². The Kier molecular flexibility index (Phi) is 10.5. The predicted molar refractivity (Wildman–Crippen MR) is 197 cm³/mol. The summed E-state index contributed by atoms with van der Waals surface area (Å²) in [5, 5.41) is 7.09. The topological polar surface area (TPSA) is 44.9 Å². The Morgan fingerprint density at radius 1 is 0.776 bits per heavy atom. The van der Waals surface area contributed by atoms with Crippen molar-refractivity contribution in [2.45, 2.75) is 72.1 Å². The van der Waals surface area contributed by atoms with E-state index in [0.29, 0.717) is 23.3 Å². The minimum absolute atomic E-state index is 0. The summed E-state index contributed by atoms with van der Waals surface area (Å²) >= 11 is 0. The summed E-state index contributed by atoms with van der Waals surface area (Å²) in [5.74, 6) is 3.02. The zero-order valence-electron chi connectivity index (χ0n) is 28.8. The third-order valence-electron chi connectivity index (χ3n) is 9.41. The molecule has 49 heavy (non-hydrogen) atoms. The van der Waals surface area contributed by atoms with Gasteiger partial charge in [0.25, 0.3) is 0 Å². The molecular weight excluding hydrogens is 784 g/mol. The number of nitrogens with zero attached hydrogens (tertiary/aromatic N) is 4.